The zero-order chi connectivity index (χ0) is 13.1. The van der Waals surface area contributed by atoms with E-state index in [9.17, 15) is 9.00 Å². The van der Waals surface area contributed by atoms with Gasteiger partial charge in [-0.05, 0) is 26.7 Å². The fourth-order valence-corrected chi connectivity index (χ4v) is 3.21. The van der Waals surface area contributed by atoms with Gasteiger partial charge in [0.05, 0.1) is 31.0 Å². The van der Waals surface area contributed by atoms with E-state index in [-0.39, 0.29) is 29.3 Å². The molecule has 0 bridgehead atoms. The van der Waals surface area contributed by atoms with Crippen LogP contribution in [0.15, 0.2) is 0 Å². The highest BCUT2D eigenvalue weighted by Gasteiger charge is 2.33. The summed E-state index contributed by atoms with van der Waals surface area (Å²) in [6, 6.07) is 0. The van der Waals surface area contributed by atoms with E-state index in [4.69, 9.17) is 4.74 Å². The third-order valence-corrected chi connectivity index (χ3v) is 4.80. The van der Waals surface area contributed by atoms with Crippen LogP contribution < -0.4 is 0 Å². The molecule has 0 amide bonds. The summed E-state index contributed by atoms with van der Waals surface area (Å²) in [5.74, 6) is 0.209. The van der Waals surface area contributed by atoms with Crippen LogP contribution in [-0.4, -0.2) is 40.0 Å². The van der Waals surface area contributed by atoms with Crippen LogP contribution in [0.3, 0.4) is 0 Å². The number of carbonyl (C=O) groups is 1. The van der Waals surface area contributed by atoms with E-state index in [2.05, 4.69) is 4.74 Å². The number of rotatable bonds is 5. The Labute approximate surface area is 106 Å². The molecule has 0 radical (unpaired) electrons. The van der Waals surface area contributed by atoms with Crippen LogP contribution in [-0.2, 0) is 25.1 Å². The Morgan fingerprint density at radius 3 is 2.71 bits per heavy atom. The van der Waals surface area contributed by atoms with Crippen molar-refractivity contribution >= 4 is 16.8 Å². The summed E-state index contributed by atoms with van der Waals surface area (Å²) in [6.07, 6.45) is 2.22. The molecule has 1 fully saturated rings. The summed E-state index contributed by atoms with van der Waals surface area (Å²) in [4.78, 5) is 11.1. The Kier molecular flexibility index (Phi) is 5.13. The number of esters is 1. The molecule has 4 nitrogen and oxygen atoms in total. The van der Waals surface area contributed by atoms with E-state index >= 15 is 0 Å². The molecule has 0 aliphatic carbocycles. The third kappa shape index (κ3) is 4.76. The first kappa shape index (κ1) is 14.6. The lowest BCUT2D eigenvalue weighted by Crippen LogP contribution is -2.27. The van der Waals surface area contributed by atoms with E-state index in [1.807, 2.05) is 20.8 Å². The van der Waals surface area contributed by atoms with Gasteiger partial charge in [-0.3, -0.25) is 9.00 Å². The summed E-state index contributed by atoms with van der Waals surface area (Å²) in [5.41, 5.74) is -0.0968. The van der Waals surface area contributed by atoms with Gasteiger partial charge in [-0.1, -0.05) is 6.92 Å². The van der Waals surface area contributed by atoms with Crippen LogP contribution in [0.5, 0.6) is 0 Å². The van der Waals surface area contributed by atoms with Crippen LogP contribution in [0.2, 0.25) is 0 Å². The highest BCUT2D eigenvalue weighted by molar-refractivity contribution is 7.85. The highest BCUT2D eigenvalue weighted by atomic mass is 32.2. The Hall–Kier alpha value is -0.420. The quantitative estimate of drug-likeness (QED) is 0.707. The van der Waals surface area contributed by atoms with Gasteiger partial charge in [0.1, 0.15) is 0 Å². The van der Waals surface area contributed by atoms with Crippen molar-refractivity contribution in [2.24, 2.45) is 0 Å². The Bertz CT molecular complexity index is 301. The largest absolute Gasteiger partial charge is 0.469 e. The predicted molar refractivity (Wildman–Crippen MR) is 67.3 cm³/mol. The van der Waals surface area contributed by atoms with Gasteiger partial charge >= 0.3 is 5.97 Å². The lowest BCUT2D eigenvalue weighted by atomic mass is 10.1. The number of hydrogen-bond donors (Lipinski definition) is 0. The molecule has 1 saturated heterocycles. The van der Waals surface area contributed by atoms with Crippen LogP contribution in [0.25, 0.3) is 0 Å². The minimum Gasteiger partial charge on any atom is -0.469 e. The fraction of sp³-hybridized carbons (Fsp3) is 0.917. The van der Waals surface area contributed by atoms with Crippen molar-refractivity contribution in [1.29, 1.82) is 0 Å². The number of hydrogen-bond acceptors (Lipinski definition) is 4. The minimum atomic E-state index is -1.04. The van der Waals surface area contributed by atoms with Crippen molar-refractivity contribution in [2.45, 2.75) is 57.0 Å². The summed E-state index contributed by atoms with van der Waals surface area (Å²) in [5, 5.41) is -0.172. The van der Waals surface area contributed by atoms with Gasteiger partial charge in [-0.15, -0.1) is 0 Å². The van der Waals surface area contributed by atoms with E-state index < -0.39 is 10.8 Å². The first-order chi connectivity index (χ1) is 7.84. The monoisotopic (exact) mass is 262 g/mol. The van der Waals surface area contributed by atoms with Crippen LogP contribution in [0.4, 0.5) is 0 Å². The molecule has 0 aromatic carbocycles. The van der Waals surface area contributed by atoms with E-state index in [1.54, 1.807) is 0 Å². The zero-order valence-electron chi connectivity index (χ0n) is 11.0. The molecule has 1 rings (SSSR count). The average molecular weight is 262 g/mol. The second-order valence-electron chi connectivity index (χ2n) is 5.18. The Balaban J connectivity index is 2.37. The van der Waals surface area contributed by atoms with Crippen LogP contribution >= 0.6 is 0 Å². The second kappa shape index (κ2) is 5.96. The number of methoxy groups -OCH3 is 1. The molecule has 5 heteroatoms. The molecule has 1 aliphatic rings. The molecule has 0 spiro atoms. The second-order valence-corrected chi connectivity index (χ2v) is 7.08. The maximum atomic E-state index is 12.0. The van der Waals surface area contributed by atoms with Gasteiger partial charge in [-0.2, -0.15) is 0 Å². The first-order valence-corrected chi connectivity index (χ1v) is 7.34. The van der Waals surface area contributed by atoms with Gasteiger partial charge in [-0.25, -0.2) is 0 Å². The molecule has 1 heterocycles. The van der Waals surface area contributed by atoms with Crippen LogP contribution in [0.1, 0.15) is 40.0 Å². The van der Waals surface area contributed by atoms with E-state index in [1.165, 1.54) is 7.11 Å². The SMILES string of the molecule is COC(=O)CC(C)S(=O)CC1CCC(C)(C)O1. The highest BCUT2D eigenvalue weighted by Crippen LogP contribution is 2.30. The standard InChI is InChI=1S/C12H22O4S/c1-9(7-11(13)15-4)17(14)8-10-5-6-12(2,3)16-10/h9-10H,5-8H2,1-4H3. The van der Waals surface area contributed by atoms with Gasteiger partial charge in [0.15, 0.2) is 0 Å². The fourth-order valence-electron chi connectivity index (χ4n) is 1.95. The van der Waals surface area contributed by atoms with Crippen molar-refractivity contribution in [3.63, 3.8) is 0 Å². The average Bonchev–Trinajstić information content (AvgIpc) is 2.57. The van der Waals surface area contributed by atoms with E-state index in [0.29, 0.717) is 5.75 Å². The summed E-state index contributed by atoms with van der Waals surface area (Å²) in [6.45, 7) is 5.91. The van der Waals surface area contributed by atoms with Crippen molar-refractivity contribution in [3.05, 3.63) is 0 Å². The van der Waals surface area contributed by atoms with Gasteiger partial charge in [0, 0.05) is 16.0 Å². The molecule has 0 saturated carbocycles. The summed E-state index contributed by atoms with van der Waals surface area (Å²) < 4.78 is 22.3. The minimum absolute atomic E-state index is 0.0610. The maximum Gasteiger partial charge on any atom is 0.306 e. The van der Waals surface area contributed by atoms with Crippen molar-refractivity contribution < 1.29 is 18.5 Å². The summed E-state index contributed by atoms with van der Waals surface area (Å²) >= 11 is 0. The van der Waals surface area contributed by atoms with Crippen molar-refractivity contribution in [2.75, 3.05) is 12.9 Å². The van der Waals surface area contributed by atoms with Gasteiger partial charge < -0.3 is 9.47 Å². The van der Waals surface area contributed by atoms with E-state index in [0.717, 1.165) is 12.8 Å². The molecule has 0 aromatic heterocycles. The Morgan fingerprint density at radius 2 is 2.24 bits per heavy atom. The molecular formula is C12H22O4S. The molecule has 0 aromatic rings. The summed E-state index contributed by atoms with van der Waals surface area (Å²) in [7, 11) is 0.312. The van der Waals surface area contributed by atoms with Gasteiger partial charge in [0.25, 0.3) is 0 Å². The number of carbonyl (C=O) groups excluding carboxylic acids is 1. The van der Waals surface area contributed by atoms with Gasteiger partial charge in [0.2, 0.25) is 0 Å². The molecule has 0 N–H and O–H groups in total. The zero-order valence-corrected chi connectivity index (χ0v) is 11.8. The lowest BCUT2D eigenvalue weighted by Gasteiger charge is -2.20. The Morgan fingerprint density at radius 1 is 1.59 bits per heavy atom. The van der Waals surface area contributed by atoms with Crippen molar-refractivity contribution in [3.8, 4) is 0 Å². The maximum absolute atomic E-state index is 12.0. The van der Waals surface area contributed by atoms with Crippen molar-refractivity contribution in [1.82, 2.24) is 0 Å². The molecule has 17 heavy (non-hydrogen) atoms. The smallest absolute Gasteiger partial charge is 0.306 e. The molecule has 3 atom stereocenters. The molecular weight excluding hydrogens is 240 g/mol. The normalized spacial score (nSPS) is 26.5. The first-order valence-electron chi connectivity index (χ1n) is 5.96. The topological polar surface area (TPSA) is 52.6 Å². The predicted octanol–water partition coefficient (Wildman–Crippen LogP) is 1.64. The molecule has 1 aliphatic heterocycles. The number of ether oxygens (including phenoxy) is 2. The molecule has 100 valence electrons. The van der Waals surface area contributed by atoms with Crippen LogP contribution in [0, 0.1) is 0 Å². The lowest BCUT2D eigenvalue weighted by molar-refractivity contribution is -0.140. The molecule has 3 unspecified atom stereocenters. The third-order valence-electron chi connectivity index (χ3n) is 3.03.